The zero-order valence-electron chi connectivity index (χ0n) is 16.9. The minimum atomic E-state index is 0.0327. The number of rotatable bonds is 4. The molecule has 1 aromatic heterocycles. The molecule has 1 atom stereocenters. The molecule has 0 aliphatic carbocycles. The fourth-order valence-electron chi connectivity index (χ4n) is 4.93. The molecule has 1 spiro atoms. The van der Waals surface area contributed by atoms with Crippen LogP contribution in [0, 0.1) is 12.3 Å². The van der Waals surface area contributed by atoms with Crippen LogP contribution in [-0.4, -0.2) is 75.8 Å². The van der Waals surface area contributed by atoms with Crippen molar-refractivity contribution in [2.24, 2.45) is 5.41 Å². The first-order chi connectivity index (χ1) is 13.5. The van der Waals surface area contributed by atoms with Gasteiger partial charge in [0.05, 0.1) is 30.7 Å². The van der Waals surface area contributed by atoms with Gasteiger partial charge in [0, 0.05) is 37.7 Å². The molecule has 3 saturated heterocycles. The monoisotopic (exact) mass is 385 g/mol. The summed E-state index contributed by atoms with van der Waals surface area (Å²) in [4.78, 5) is 40.3. The van der Waals surface area contributed by atoms with Gasteiger partial charge in [-0.2, -0.15) is 0 Å². The largest absolute Gasteiger partial charge is 0.341 e. The molecule has 0 bridgehead atoms. The van der Waals surface area contributed by atoms with Gasteiger partial charge in [-0.3, -0.25) is 24.5 Å². The molecular weight excluding hydrogens is 354 g/mol. The van der Waals surface area contributed by atoms with Crippen molar-refractivity contribution in [3.8, 4) is 0 Å². The molecule has 4 heterocycles. The molecule has 2 amide bonds. The summed E-state index contributed by atoms with van der Waals surface area (Å²) >= 11 is 0. The molecule has 7 heteroatoms. The van der Waals surface area contributed by atoms with Crippen LogP contribution in [0.3, 0.4) is 0 Å². The molecule has 4 rings (SSSR count). The Bertz CT molecular complexity index is 716. The third-order valence-electron chi connectivity index (χ3n) is 6.51. The van der Waals surface area contributed by atoms with E-state index in [9.17, 15) is 9.59 Å². The zero-order valence-corrected chi connectivity index (χ0v) is 16.9. The second-order valence-electron chi connectivity index (χ2n) is 8.80. The smallest absolute Gasteiger partial charge is 0.236 e. The van der Waals surface area contributed by atoms with Crippen LogP contribution in [-0.2, 0) is 16.1 Å². The van der Waals surface area contributed by atoms with E-state index in [4.69, 9.17) is 0 Å². The van der Waals surface area contributed by atoms with Gasteiger partial charge < -0.3 is 9.80 Å². The van der Waals surface area contributed by atoms with Gasteiger partial charge in [-0.1, -0.05) is 0 Å². The first-order valence-corrected chi connectivity index (χ1v) is 10.6. The van der Waals surface area contributed by atoms with Gasteiger partial charge in [-0.05, 0) is 52.1 Å². The molecule has 0 radical (unpaired) electrons. The fraction of sp³-hybridized carbons (Fsp3) is 0.714. The van der Waals surface area contributed by atoms with Gasteiger partial charge in [-0.25, -0.2) is 0 Å². The Labute approximate surface area is 167 Å². The molecule has 0 unspecified atom stereocenters. The predicted octanol–water partition coefficient (Wildman–Crippen LogP) is 1.61. The van der Waals surface area contributed by atoms with E-state index in [1.54, 1.807) is 12.4 Å². The van der Waals surface area contributed by atoms with Crippen LogP contribution >= 0.6 is 0 Å². The van der Waals surface area contributed by atoms with Crippen LogP contribution in [0.5, 0.6) is 0 Å². The number of hydrogen-bond acceptors (Lipinski definition) is 5. The highest BCUT2D eigenvalue weighted by Gasteiger charge is 2.42. The van der Waals surface area contributed by atoms with Crippen molar-refractivity contribution in [2.75, 3.05) is 39.3 Å². The Morgan fingerprint density at radius 3 is 2.64 bits per heavy atom. The summed E-state index contributed by atoms with van der Waals surface area (Å²) in [5, 5.41) is 0. The number of amides is 2. The van der Waals surface area contributed by atoms with Gasteiger partial charge in [0.1, 0.15) is 0 Å². The summed E-state index contributed by atoms with van der Waals surface area (Å²) in [5.74, 6) is 0.447. The van der Waals surface area contributed by atoms with Crippen LogP contribution < -0.4 is 0 Å². The lowest BCUT2D eigenvalue weighted by molar-refractivity contribution is -0.144. The quantitative estimate of drug-likeness (QED) is 0.788. The van der Waals surface area contributed by atoms with Gasteiger partial charge in [-0.15, -0.1) is 0 Å². The Morgan fingerprint density at radius 2 is 1.89 bits per heavy atom. The Hall–Kier alpha value is -2.02. The first-order valence-electron chi connectivity index (χ1n) is 10.6. The minimum Gasteiger partial charge on any atom is -0.341 e. The number of aromatic nitrogens is 2. The van der Waals surface area contributed by atoms with E-state index in [0.717, 1.165) is 63.4 Å². The lowest BCUT2D eigenvalue weighted by atomic mass is 9.73. The van der Waals surface area contributed by atoms with Crippen molar-refractivity contribution in [3.05, 3.63) is 23.8 Å². The van der Waals surface area contributed by atoms with E-state index in [2.05, 4.69) is 19.8 Å². The third-order valence-corrected chi connectivity index (χ3v) is 6.51. The molecule has 3 aliphatic heterocycles. The number of hydrogen-bond donors (Lipinski definition) is 0. The van der Waals surface area contributed by atoms with Gasteiger partial charge in [0.25, 0.3) is 0 Å². The number of carbonyl (C=O) groups excluding carboxylic acids is 2. The maximum Gasteiger partial charge on any atom is 0.236 e. The molecule has 3 fully saturated rings. The molecular formula is C21H31N5O2. The molecule has 3 aliphatic rings. The zero-order chi connectivity index (χ0) is 19.6. The molecule has 7 nitrogen and oxygen atoms in total. The standard InChI is InChI=1S/C21H31N5O2/c1-17-11-23-18(12-22-17)13-26-16-21(7-5-19(26)27)6-4-10-25(15-21)20(28)14-24-8-2-3-9-24/h11-12H,2-10,13-16H2,1H3/t21-/m1/s1. The maximum absolute atomic E-state index is 12.8. The van der Waals surface area contributed by atoms with Gasteiger partial charge in [0.15, 0.2) is 0 Å². The van der Waals surface area contributed by atoms with Gasteiger partial charge >= 0.3 is 0 Å². The molecule has 1 aromatic rings. The highest BCUT2D eigenvalue weighted by Crippen LogP contribution is 2.39. The second kappa shape index (κ2) is 8.15. The van der Waals surface area contributed by atoms with Crippen molar-refractivity contribution in [3.63, 3.8) is 0 Å². The highest BCUT2D eigenvalue weighted by molar-refractivity contribution is 5.79. The Kier molecular flexibility index (Phi) is 5.62. The van der Waals surface area contributed by atoms with Crippen molar-refractivity contribution >= 4 is 11.8 Å². The molecule has 152 valence electrons. The number of piperidine rings is 2. The summed E-state index contributed by atoms with van der Waals surface area (Å²) < 4.78 is 0. The maximum atomic E-state index is 12.8. The number of nitrogens with zero attached hydrogens (tertiary/aromatic N) is 5. The molecule has 0 N–H and O–H groups in total. The average molecular weight is 386 g/mol. The van der Waals surface area contributed by atoms with Gasteiger partial charge in [0.2, 0.25) is 11.8 Å². The van der Waals surface area contributed by atoms with E-state index >= 15 is 0 Å². The van der Waals surface area contributed by atoms with Crippen LogP contribution in [0.1, 0.15) is 49.9 Å². The summed E-state index contributed by atoms with van der Waals surface area (Å²) in [5.41, 5.74) is 1.74. The lowest BCUT2D eigenvalue weighted by Gasteiger charge is -2.48. The second-order valence-corrected chi connectivity index (χ2v) is 8.80. The Balaban J connectivity index is 1.40. The van der Waals surface area contributed by atoms with Crippen molar-refractivity contribution < 1.29 is 9.59 Å². The van der Waals surface area contributed by atoms with Crippen molar-refractivity contribution in [2.45, 2.75) is 52.0 Å². The highest BCUT2D eigenvalue weighted by atomic mass is 16.2. The van der Waals surface area contributed by atoms with Crippen LogP contribution in [0.2, 0.25) is 0 Å². The normalized spacial score (nSPS) is 26.2. The molecule has 0 aromatic carbocycles. The summed E-state index contributed by atoms with van der Waals surface area (Å²) in [7, 11) is 0. The Morgan fingerprint density at radius 1 is 1.07 bits per heavy atom. The van der Waals surface area contributed by atoms with Crippen LogP contribution in [0.25, 0.3) is 0 Å². The number of carbonyl (C=O) groups is 2. The van der Waals surface area contributed by atoms with E-state index in [-0.39, 0.29) is 17.2 Å². The predicted molar refractivity (Wildman–Crippen MR) is 105 cm³/mol. The van der Waals surface area contributed by atoms with Crippen molar-refractivity contribution in [1.29, 1.82) is 0 Å². The van der Waals surface area contributed by atoms with Crippen molar-refractivity contribution in [1.82, 2.24) is 24.7 Å². The van der Waals surface area contributed by atoms with Crippen LogP contribution in [0.15, 0.2) is 12.4 Å². The van der Waals surface area contributed by atoms with Crippen LogP contribution in [0.4, 0.5) is 0 Å². The van der Waals surface area contributed by atoms with E-state index in [1.807, 2.05) is 11.8 Å². The molecule has 28 heavy (non-hydrogen) atoms. The molecule has 0 saturated carbocycles. The van der Waals surface area contributed by atoms with E-state index in [0.29, 0.717) is 19.5 Å². The lowest BCUT2D eigenvalue weighted by Crippen LogP contribution is -2.55. The fourth-order valence-corrected chi connectivity index (χ4v) is 4.93. The SMILES string of the molecule is Cc1cnc(CN2C[C@]3(CCCN(C(=O)CN4CCCC4)C3)CCC2=O)cn1. The van der Waals surface area contributed by atoms with E-state index in [1.165, 1.54) is 12.8 Å². The topological polar surface area (TPSA) is 69.6 Å². The number of aryl methyl sites for hydroxylation is 1. The average Bonchev–Trinajstić information content (AvgIpc) is 3.20. The summed E-state index contributed by atoms with van der Waals surface area (Å²) in [6.07, 6.45) is 9.48. The third kappa shape index (κ3) is 4.35. The first kappa shape index (κ1) is 19.3. The number of likely N-dealkylation sites (tertiary alicyclic amines) is 3. The minimum absolute atomic E-state index is 0.0327. The summed E-state index contributed by atoms with van der Waals surface area (Å²) in [6.45, 7) is 7.42. The van der Waals surface area contributed by atoms with E-state index < -0.39 is 0 Å². The summed E-state index contributed by atoms with van der Waals surface area (Å²) in [6, 6.07) is 0.